The first-order valence-corrected chi connectivity index (χ1v) is 7.29. The van der Waals surface area contributed by atoms with E-state index in [1.807, 2.05) is 0 Å². The highest BCUT2D eigenvalue weighted by Gasteiger charge is 2.19. The molecular formula is C11H8Cl2N2O3S. The van der Waals surface area contributed by atoms with E-state index in [2.05, 4.69) is 9.71 Å². The fourth-order valence-corrected chi connectivity index (χ4v) is 2.92. The molecule has 0 unspecified atom stereocenters. The van der Waals surface area contributed by atoms with Crippen molar-refractivity contribution in [2.75, 3.05) is 4.72 Å². The van der Waals surface area contributed by atoms with Crippen LogP contribution in [0.5, 0.6) is 0 Å². The number of nitrogens with one attached hydrogen (secondary N) is 2. The van der Waals surface area contributed by atoms with Gasteiger partial charge >= 0.3 is 0 Å². The Balaban J connectivity index is 2.46. The van der Waals surface area contributed by atoms with E-state index < -0.39 is 20.3 Å². The summed E-state index contributed by atoms with van der Waals surface area (Å²) in [6, 6.07) is 5.63. The summed E-state index contributed by atoms with van der Waals surface area (Å²) in [5, 5.41) is 0.281. The highest BCUT2D eigenvalue weighted by atomic mass is 35.5. The number of aromatic amines is 1. The fourth-order valence-electron chi connectivity index (χ4n) is 1.39. The Morgan fingerprint density at radius 2 is 1.89 bits per heavy atom. The Hall–Kier alpha value is -1.50. The van der Waals surface area contributed by atoms with Crippen LogP contribution in [-0.2, 0) is 10.0 Å². The Morgan fingerprint density at radius 1 is 1.16 bits per heavy atom. The normalized spacial score (nSPS) is 11.3. The molecule has 0 saturated carbocycles. The molecule has 5 nitrogen and oxygen atoms in total. The predicted molar refractivity (Wildman–Crippen MR) is 74.3 cm³/mol. The van der Waals surface area contributed by atoms with Gasteiger partial charge in [0.15, 0.2) is 4.90 Å². The lowest BCUT2D eigenvalue weighted by Gasteiger charge is -2.09. The predicted octanol–water partition coefficient (Wildman–Crippen LogP) is 2.48. The van der Waals surface area contributed by atoms with Gasteiger partial charge in [-0.3, -0.25) is 9.52 Å². The van der Waals surface area contributed by atoms with E-state index in [4.69, 9.17) is 23.2 Å². The second-order valence-corrected chi connectivity index (χ2v) is 6.02. The van der Waals surface area contributed by atoms with Crippen molar-refractivity contribution < 1.29 is 8.42 Å². The number of hydrogen-bond donors (Lipinski definition) is 2. The molecule has 0 radical (unpaired) electrons. The zero-order valence-electron chi connectivity index (χ0n) is 9.35. The smallest absolute Gasteiger partial charge is 0.267 e. The third kappa shape index (κ3) is 2.91. The summed E-state index contributed by atoms with van der Waals surface area (Å²) >= 11 is 11.7. The van der Waals surface area contributed by atoms with Gasteiger partial charge in [0.1, 0.15) is 0 Å². The zero-order valence-corrected chi connectivity index (χ0v) is 11.7. The Kier molecular flexibility index (Phi) is 3.84. The molecule has 2 aromatic rings. The van der Waals surface area contributed by atoms with Crippen molar-refractivity contribution in [2.45, 2.75) is 4.90 Å². The molecule has 2 N–H and O–H groups in total. The Bertz CT molecular complexity index is 772. The van der Waals surface area contributed by atoms with Crippen molar-refractivity contribution in [1.82, 2.24) is 4.98 Å². The van der Waals surface area contributed by atoms with Crippen molar-refractivity contribution in [2.24, 2.45) is 0 Å². The van der Waals surface area contributed by atoms with Gasteiger partial charge in [-0.2, -0.15) is 0 Å². The van der Waals surface area contributed by atoms with E-state index >= 15 is 0 Å². The molecule has 0 amide bonds. The molecule has 0 fully saturated rings. The zero-order chi connectivity index (χ0) is 14.0. The van der Waals surface area contributed by atoms with E-state index in [0.717, 1.165) is 12.3 Å². The van der Waals surface area contributed by atoms with Crippen LogP contribution >= 0.6 is 23.2 Å². The van der Waals surface area contributed by atoms with E-state index in [-0.39, 0.29) is 15.7 Å². The minimum atomic E-state index is -4.02. The highest BCUT2D eigenvalue weighted by molar-refractivity contribution is 7.92. The van der Waals surface area contributed by atoms with Crippen LogP contribution in [0.1, 0.15) is 0 Å². The van der Waals surface area contributed by atoms with E-state index in [1.54, 1.807) is 6.07 Å². The molecule has 0 spiro atoms. The van der Waals surface area contributed by atoms with Gasteiger partial charge in [-0.1, -0.05) is 29.3 Å². The van der Waals surface area contributed by atoms with Gasteiger partial charge in [-0.05, 0) is 12.1 Å². The molecule has 1 aromatic carbocycles. The summed E-state index contributed by atoms with van der Waals surface area (Å²) in [5.41, 5.74) is -0.512. The summed E-state index contributed by atoms with van der Waals surface area (Å²) < 4.78 is 26.3. The number of aromatic nitrogens is 1. The number of sulfonamides is 1. The van der Waals surface area contributed by atoms with Crippen molar-refractivity contribution in [3.05, 3.63) is 56.9 Å². The molecule has 0 atom stereocenters. The Labute approximate surface area is 119 Å². The monoisotopic (exact) mass is 318 g/mol. The first kappa shape index (κ1) is 13.9. The first-order valence-electron chi connectivity index (χ1n) is 5.06. The van der Waals surface area contributed by atoms with Gasteiger partial charge in [0.2, 0.25) is 5.43 Å². The Morgan fingerprint density at radius 3 is 2.58 bits per heavy atom. The summed E-state index contributed by atoms with van der Waals surface area (Å²) in [6.07, 6.45) is 2.44. The molecule has 100 valence electrons. The summed E-state index contributed by atoms with van der Waals surface area (Å²) in [7, 11) is -4.02. The lowest BCUT2D eigenvalue weighted by atomic mass is 10.3. The molecular weight excluding hydrogens is 311 g/mol. The SMILES string of the molecule is O=c1cc[nH]cc1S(=O)(=O)Nc1cccc(Cl)c1Cl. The largest absolute Gasteiger partial charge is 0.366 e. The number of halogens is 2. The van der Waals surface area contributed by atoms with E-state index in [9.17, 15) is 13.2 Å². The maximum Gasteiger partial charge on any atom is 0.267 e. The fraction of sp³-hybridized carbons (Fsp3) is 0. The minimum absolute atomic E-state index is 0.0695. The molecule has 1 heterocycles. The van der Waals surface area contributed by atoms with Crippen LogP contribution in [0.2, 0.25) is 10.0 Å². The summed E-state index contributed by atoms with van der Waals surface area (Å²) in [6.45, 7) is 0. The van der Waals surface area contributed by atoms with Gasteiger partial charge < -0.3 is 4.98 Å². The third-order valence-corrected chi connectivity index (χ3v) is 4.48. The van der Waals surface area contributed by atoms with Crippen LogP contribution in [0.4, 0.5) is 5.69 Å². The van der Waals surface area contributed by atoms with Crippen LogP contribution < -0.4 is 10.2 Å². The lowest BCUT2D eigenvalue weighted by molar-refractivity contribution is 0.600. The molecule has 0 aliphatic heterocycles. The van der Waals surface area contributed by atoms with Crippen LogP contribution in [0.3, 0.4) is 0 Å². The maximum absolute atomic E-state index is 12.1. The number of pyridine rings is 1. The number of anilines is 1. The van der Waals surface area contributed by atoms with Crippen LogP contribution in [0, 0.1) is 0 Å². The number of benzene rings is 1. The molecule has 2 rings (SSSR count). The van der Waals surface area contributed by atoms with Gasteiger partial charge in [0.25, 0.3) is 10.0 Å². The molecule has 0 aliphatic carbocycles. The standard InChI is InChI=1S/C11H8Cl2N2O3S/c12-7-2-1-3-8(11(7)13)15-19(17,18)10-6-14-5-4-9(10)16/h1-6,15H,(H,14,16). The lowest BCUT2D eigenvalue weighted by Crippen LogP contribution is -2.21. The average molecular weight is 319 g/mol. The maximum atomic E-state index is 12.1. The van der Waals surface area contributed by atoms with Gasteiger partial charge in [-0.15, -0.1) is 0 Å². The van der Waals surface area contributed by atoms with E-state index in [1.165, 1.54) is 18.3 Å². The second kappa shape index (κ2) is 5.24. The van der Waals surface area contributed by atoms with Crippen molar-refractivity contribution in [3.63, 3.8) is 0 Å². The topological polar surface area (TPSA) is 79.0 Å². The van der Waals surface area contributed by atoms with Crippen LogP contribution in [0.25, 0.3) is 0 Å². The molecule has 1 aromatic heterocycles. The summed E-state index contributed by atoms with van der Waals surface area (Å²) in [4.78, 5) is 13.7. The van der Waals surface area contributed by atoms with Gasteiger partial charge in [0, 0.05) is 18.5 Å². The summed E-state index contributed by atoms with van der Waals surface area (Å²) in [5.74, 6) is 0. The number of H-pyrrole nitrogens is 1. The molecule has 0 aliphatic rings. The number of hydrogen-bond acceptors (Lipinski definition) is 3. The molecule has 8 heteroatoms. The second-order valence-electron chi connectivity index (χ2n) is 3.58. The van der Waals surface area contributed by atoms with Crippen LogP contribution in [-0.4, -0.2) is 13.4 Å². The van der Waals surface area contributed by atoms with Gasteiger partial charge in [-0.25, -0.2) is 8.42 Å². The van der Waals surface area contributed by atoms with Crippen molar-refractivity contribution in [1.29, 1.82) is 0 Å². The average Bonchev–Trinajstić information content (AvgIpc) is 2.35. The quantitative estimate of drug-likeness (QED) is 0.912. The van der Waals surface area contributed by atoms with Crippen LogP contribution in [0.15, 0.2) is 46.3 Å². The van der Waals surface area contributed by atoms with Crippen molar-refractivity contribution >= 4 is 38.9 Å². The number of rotatable bonds is 3. The molecule has 0 saturated heterocycles. The van der Waals surface area contributed by atoms with Gasteiger partial charge in [0.05, 0.1) is 15.7 Å². The third-order valence-electron chi connectivity index (χ3n) is 2.27. The molecule has 0 bridgehead atoms. The molecule has 19 heavy (non-hydrogen) atoms. The van der Waals surface area contributed by atoms with Crippen molar-refractivity contribution in [3.8, 4) is 0 Å². The van der Waals surface area contributed by atoms with E-state index in [0.29, 0.717) is 0 Å². The minimum Gasteiger partial charge on any atom is -0.366 e. The first-order chi connectivity index (χ1) is 8.92. The highest BCUT2D eigenvalue weighted by Crippen LogP contribution is 2.30.